The number of aryl methyl sites for hydroxylation is 1. The van der Waals surface area contributed by atoms with Crippen molar-refractivity contribution in [1.82, 2.24) is 9.55 Å². The van der Waals surface area contributed by atoms with E-state index < -0.39 is 5.51 Å². The van der Waals surface area contributed by atoms with Crippen molar-refractivity contribution in [3.63, 3.8) is 0 Å². The van der Waals surface area contributed by atoms with Gasteiger partial charge in [0, 0.05) is 24.5 Å². The molecule has 2 N–H and O–H groups in total. The lowest BCUT2D eigenvalue weighted by molar-refractivity contribution is -0.0328. The van der Waals surface area contributed by atoms with Crippen molar-refractivity contribution < 1.29 is 13.2 Å². The number of imidazole rings is 1. The van der Waals surface area contributed by atoms with Gasteiger partial charge in [0.25, 0.3) is 0 Å². The second-order valence-electron chi connectivity index (χ2n) is 3.09. The monoisotopic (exact) mass is 239 g/mol. The molecule has 15 heavy (non-hydrogen) atoms. The number of nitrogens with zero attached hydrogens (tertiary/aromatic N) is 2. The number of alkyl halides is 3. The van der Waals surface area contributed by atoms with E-state index in [-0.39, 0.29) is 30.1 Å². The maximum absolute atomic E-state index is 11.9. The maximum atomic E-state index is 11.9. The van der Waals surface area contributed by atoms with Crippen molar-refractivity contribution in [3.8, 4) is 0 Å². The van der Waals surface area contributed by atoms with Crippen LogP contribution in [0, 0.1) is 0 Å². The quantitative estimate of drug-likeness (QED) is 0.875. The molecule has 0 bridgehead atoms. The summed E-state index contributed by atoms with van der Waals surface area (Å²) in [5.74, 6) is -0.0282. The van der Waals surface area contributed by atoms with Gasteiger partial charge in [-0.3, -0.25) is 0 Å². The zero-order valence-electron chi connectivity index (χ0n) is 8.16. The summed E-state index contributed by atoms with van der Waals surface area (Å²) in [6, 6.07) is -0.219. The molecular weight excluding hydrogens is 227 g/mol. The lowest BCUT2D eigenvalue weighted by Gasteiger charge is -2.11. The molecule has 0 spiro atoms. The molecule has 1 atom stereocenters. The minimum atomic E-state index is -4.17. The summed E-state index contributed by atoms with van der Waals surface area (Å²) in [4.78, 5) is 3.85. The fourth-order valence-corrected chi connectivity index (χ4v) is 1.68. The first-order valence-electron chi connectivity index (χ1n) is 4.36. The first kappa shape index (κ1) is 12.4. The van der Waals surface area contributed by atoms with Crippen LogP contribution in [0.15, 0.2) is 12.5 Å². The Kier molecular flexibility index (Phi) is 4.04. The minimum Gasteiger partial charge on any atom is -0.332 e. The van der Waals surface area contributed by atoms with Gasteiger partial charge in [0.1, 0.15) is 0 Å². The van der Waals surface area contributed by atoms with Crippen LogP contribution < -0.4 is 5.73 Å². The molecule has 1 rings (SSSR count). The second kappa shape index (κ2) is 4.89. The Hall–Kier alpha value is -0.690. The molecule has 0 saturated heterocycles. The van der Waals surface area contributed by atoms with Crippen LogP contribution in [-0.4, -0.2) is 20.8 Å². The Labute approximate surface area is 89.9 Å². The summed E-state index contributed by atoms with van der Waals surface area (Å²) in [5, 5.41) is 0. The van der Waals surface area contributed by atoms with Crippen molar-refractivity contribution >= 4 is 11.8 Å². The van der Waals surface area contributed by atoms with Crippen molar-refractivity contribution in [2.75, 3.05) is 5.75 Å². The van der Waals surface area contributed by atoms with Crippen molar-refractivity contribution in [3.05, 3.63) is 18.2 Å². The maximum Gasteiger partial charge on any atom is 0.441 e. The van der Waals surface area contributed by atoms with Gasteiger partial charge in [0.2, 0.25) is 0 Å². The topological polar surface area (TPSA) is 43.8 Å². The second-order valence-corrected chi connectivity index (χ2v) is 4.25. The fourth-order valence-electron chi connectivity index (χ4n) is 1.16. The molecule has 1 heterocycles. The Morgan fingerprint density at radius 2 is 2.27 bits per heavy atom. The highest BCUT2D eigenvalue weighted by Crippen LogP contribution is 2.30. The molecule has 7 heteroatoms. The summed E-state index contributed by atoms with van der Waals surface area (Å²) >= 11 is -0.0372. The average Bonchev–Trinajstić information content (AvgIpc) is 2.49. The number of aromatic nitrogens is 2. The zero-order valence-corrected chi connectivity index (χ0v) is 8.98. The first-order chi connectivity index (χ1) is 6.90. The van der Waals surface area contributed by atoms with Gasteiger partial charge in [0.05, 0.1) is 12.0 Å². The van der Waals surface area contributed by atoms with E-state index in [0.717, 1.165) is 5.69 Å². The zero-order chi connectivity index (χ0) is 11.5. The third-order valence-corrected chi connectivity index (χ3v) is 2.52. The molecule has 0 aliphatic heterocycles. The van der Waals surface area contributed by atoms with Crippen LogP contribution in [0.25, 0.3) is 0 Å². The minimum absolute atomic E-state index is 0.0282. The lowest BCUT2D eigenvalue weighted by Crippen LogP contribution is -2.14. The number of rotatable bonds is 4. The molecule has 86 valence electrons. The van der Waals surface area contributed by atoms with Gasteiger partial charge < -0.3 is 10.3 Å². The number of halogens is 3. The Morgan fingerprint density at radius 1 is 1.60 bits per heavy atom. The Morgan fingerprint density at radius 3 is 2.80 bits per heavy atom. The van der Waals surface area contributed by atoms with E-state index in [1.165, 1.54) is 6.33 Å². The van der Waals surface area contributed by atoms with Gasteiger partial charge in [-0.05, 0) is 18.7 Å². The Bertz CT molecular complexity index is 308. The largest absolute Gasteiger partial charge is 0.441 e. The van der Waals surface area contributed by atoms with Gasteiger partial charge in [-0.15, -0.1) is 0 Å². The first-order valence-corrected chi connectivity index (χ1v) is 5.35. The highest BCUT2D eigenvalue weighted by atomic mass is 32.2. The molecule has 1 aromatic rings. The smallest absolute Gasteiger partial charge is 0.332 e. The van der Waals surface area contributed by atoms with Crippen LogP contribution in [0.2, 0.25) is 0 Å². The van der Waals surface area contributed by atoms with Gasteiger partial charge in [-0.1, -0.05) is 0 Å². The van der Waals surface area contributed by atoms with E-state index in [2.05, 4.69) is 4.98 Å². The third-order valence-electron chi connectivity index (χ3n) is 1.81. The van der Waals surface area contributed by atoms with Gasteiger partial charge >= 0.3 is 5.51 Å². The molecule has 0 fully saturated rings. The predicted molar refractivity (Wildman–Crippen MR) is 53.3 cm³/mol. The summed E-state index contributed by atoms with van der Waals surface area (Å²) in [6.45, 7) is 2.03. The molecule has 3 nitrogen and oxygen atoms in total. The van der Waals surface area contributed by atoms with Crippen LogP contribution in [0.5, 0.6) is 0 Å². The molecule has 0 aliphatic carbocycles. The summed E-state index contributed by atoms with van der Waals surface area (Å²) in [7, 11) is 0. The van der Waals surface area contributed by atoms with Gasteiger partial charge in [0.15, 0.2) is 0 Å². The average molecular weight is 239 g/mol. The number of thioether (sulfide) groups is 1. The van der Waals surface area contributed by atoms with E-state index in [0.29, 0.717) is 0 Å². The summed E-state index contributed by atoms with van der Waals surface area (Å²) < 4.78 is 37.2. The Balaban J connectivity index is 2.47. The lowest BCUT2D eigenvalue weighted by atomic mass is 10.3. The number of nitrogens with two attached hydrogens (primary N) is 1. The predicted octanol–water partition coefficient (Wildman–Crippen LogP) is 2.16. The standard InChI is InChI=1S/C8H12F3N3S/c1-6(12)7-4-13-5-14(7)2-3-15-8(9,10)11/h4-6H,2-3,12H2,1H3. The van der Waals surface area contributed by atoms with E-state index in [9.17, 15) is 13.2 Å². The summed E-state index contributed by atoms with van der Waals surface area (Å²) in [5.41, 5.74) is 2.20. The molecule has 0 aliphatic rings. The number of hydrogen-bond acceptors (Lipinski definition) is 3. The molecule has 0 amide bonds. The molecule has 0 aromatic carbocycles. The number of hydrogen-bond donors (Lipinski definition) is 1. The van der Waals surface area contributed by atoms with Crippen LogP contribution in [-0.2, 0) is 6.54 Å². The normalized spacial score (nSPS) is 14.2. The molecule has 1 unspecified atom stereocenters. The molecule has 0 saturated carbocycles. The van der Waals surface area contributed by atoms with Crippen molar-refractivity contribution in [1.29, 1.82) is 0 Å². The van der Waals surface area contributed by atoms with E-state index in [1.807, 2.05) is 0 Å². The van der Waals surface area contributed by atoms with Gasteiger partial charge in [-0.25, -0.2) is 4.98 Å². The summed E-state index contributed by atoms with van der Waals surface area (Å²) in [6.07, 6.45) is 3.07. The van der Waals surface area contributed by atoms with E-state index in [4.69, 9.17) is 5.73 Å². The van der Waals surface area contributed by atoms with Crippen LogP contribution >= 0.6 is 11.8 Å². The van der Waals surface area contributed by atoms with Crippen LogP contribution in [0.4, 0.5) is 13.2 Å². The SMILES string of the molecule is CC(N)c1cncn1CCSC(F)(F)F. The highest BCUT2D eigenvalue weighted by Gasteiger charge is 2.27. The molecular formula is C8H12F3N3S. The molecule has 1 aromatic heterocycles. The third kappa shape index (κ3) is 4.13. The van der Waals surface area contributed by atoms with E-state index in [1.54, 1.807) is 17.7 Å². The van der Waals surface area contributed by atoms with Crippen molar-refractivity contribution in [2.45, 2.75) is 25.0 Å². The van der Waals surface area contributed by atoms with Crippen LogP contribution in [0.1, 0.15) is 18.7 Å². The highest BCUT2D eigenvalue weighted by molar-refractivity contribution is 8.00. The molecule has 0 radical (unpaired) electrons. The fraction of sp³-hybridized carbons (Fsp3) is 0.625. The van der Waals surface area contributed by atoms with Gasteiger partial charge in [-0.2, -0.15) is 13.2 Å². The van der Waals surface area contributed by atoms with Crippen molar-refractivity contribution in [2.24, 2.45) is 5.73 Å². The van der Waals surface area contributed by atoms with Crippen LogP contribution in [0.3, 0.4) is 0 Å². The van der Waals surface area contributed by atoms with E-state index >= 15 is 0 Å².